The number of phenols is 1. The molecule has 0 saturated heterocycles. The van der Waals surface area contributed by atoms with Crippen LogP contribution in [0.25, 0.3) is 0 Å². The first-order valence-electron chi connectivity index (χ1n) is 9.78. The van der Waals surface area contributed by atoms with Crippen LogP contribution in [0.2, 0.25) is 0 Å². The van der Waals surface area contributed by atoms with Gasteiger partial charge in [-0.2, -0.15) is 8.42 Å². The van der Waals surface area contributed by atoms with Crippen molar-refractivity contribution in [3.05, 3.63) is 58.4 Å². The molecule has 1 aliphatic rings. The first-order chi connectivity index (χ1) is 13.5. The first kappa shape index (κ1) is 21.7. The number of aromatic hydroxyl groups is 1. The summed E-state index contributed by atoms with van der Waals surface area (Å²) in [4.78, 5) is -0.110. The molecule has 158 valence electrons. The number of aliphatic hydroxyl groups is 1. The molecular formula is C22H27FO5S. The highest BCUT2D eigenvalue weighted by molar-refractivity contribution is 7.87. The molecular weight excluding hydrogens is 395 g/mol. The van der Waals surface area contributed by atoms with Gasteiger partial charge in [0.1, 0.15) is 16.5 Å². The maximum Gasteiger partial charge on any atom is 0.300 e. The summed E-state index contributed by atoms with van der Waals surface area (Å²) in [6.45, 7) is 7.09. The van der Waals surface area contributed by atoms with Crippen LogP contribution in [0.15, 0.2) is 35.2 Å². The SMILES string of the molecule is CCc1c(O)ccc(C)c1S(=O)(=O)O[C@@]1(O)CCc2cc(F)ccc2[C@@H]1C(C)C. The monoisotopic (exact) mass is 422 g/mol. The molecule has 0 aromatic heterocycles. The summed E-state index contributed by atoms with van der Waals surface area (Å²) in [7, 11) is -4.38. The van der Waals surface area contributed by atoms with E-state index in [1.165, 1.54) is 24.3 Å². The molecule has 29 heavy (non-hydrogen) atoms. The molecule has 1 aliphatic carbocycles. The van der Waals surface area contributed by atoms with Crippen LogP contribution < -0.4 is 0 Å². The highest BCUT2D eigenvalue weighted by atomic mass is 32.2. The summed E-state index contributed by atoms with van der Waals surface area (Å²) in [5.41, 5.74) is 2.13. The van der Waals surface area contributed by atoms with Gasteiger partial charge in [0.05, 0.1) is 0 Å². The second-order valence-electron chi connectivity index (χ2n) is 8.01. The lowest BCUT2D eigenvalue weighted by Crippen LogP contribution is -2.46. The predicted molar refractivity (Wildman–Crippen MR) is 108 cm³/mol. The van der Waals surface area contributed by atoms with Crippen molar-refractivity contribution in [1.82, 2.24) is 0 Å². The minimum absolute atomic E-state index is 0.0187. The second kappa shape index (κ2) is 7.70. The van der Waals surface area contributed by atoms with Crippen LogP contribution in [0.4, 0.5) is 4.39 Å². The number of hydrogen-bond acceptors (Lipinski definition) is 5. The summed E-state index contributed by atoms with van der Waals surface area (Å²) in [5.74, 6) is -3.27. The van der Waals surface area contributed by atoms with Crippen LogP contribution in [0.1, 0.15) is 55.4 Å². The van der Waals surface area contributed by atoms with Crippen molar-refractivity contribution < 1.29 is 27.2 Å². The number of phenolic OH excluding ortho intramolecular Hbond substituents is 1. The standard InChI is InChI=1S/C22H27FO5S/c1-5-17-19(24)9-6-14(4)21(17)29(26,27)28-22(25)11-10-15-12-16(23)7-8-18(15)20(22)13(2)3/h6-9,12-13,20,24-25H,5,10-11H2,1-4H3/t20-,22-/m0/s1. The Morgan fingerprint density at radius 1 is 1.28 bits per heavy atom. The lowest BCUT2D eigenvalue weighted by Gasteiger charge is -2.42. The van der Waals surface area contributed by atoms with Gasteiger partial charge < -0.3 is 10.2 Å². The molecule has 0 heterocycles. The van der Waals surface area contributed by atoms with Gasteiger partial charge in [0.15, 0.2) is 5.79 Å². The summed E-state index contributed by atoms with van der Waals surface area (Å²) < 4.78 is 45.7. The lowest BCUT2D eigenvalue weighted by atomic mass is 9.73. The van der Waals surface area contributed by atoms with E-state index < -0.39 is 21.8 Å². The third-order valence-corrected chi connectivity index (χ3v) is 7.21. The van der Waals surface area contributed by atoms with Gasteiger partial charge in [-0.3, -0.25) is 0 Å². The topological polar surface area (TPSA) is 83.8 Å². The van der Waals surface area contributed by atoms with Gasteiger partial charge in [0, 0.05) is 17.9 Å². The number of halogens is 1. The highest BCUT2D eigenvalue weighted by Gasteiger charge is 2.48. The number of rotatable bonds is 5. The zero-order valence-electron chi connectivity index (χ0n) is 17.1. The Morgan fingerprint density at radius 3 is 2.59 bits per heavy atom. The minimum atomic E-state index is -4.38. The van der Waals surface area contributed by atoms with E-state index in [-0.39, 0.29) is 34.4 Å². The van der Waals surface area contributed by atoms with E-state index in [2.05, 4.69) is 0 Å². The average Bonchev–Trinajstić information content (AvgIpc) is 2.62. The van der Waals surface area contributed by atoms with E-state index in [4.69, 9.17) is 4.18 Å². The van der Waals surface area contributed by atoms with E-state index in [0.29, 0.717) is 24.0 Å². The predicted octanol–water partition coefficient (Wildman–Crippen LogP) is 4.18. The Hall–Kier alpha value is -1.96. The fraction of sp³-hybridized carbons (Fsp3) is 0.455. The number of hydrogen-bond donors (Lipinski definition) is 2. The molecule has 0 saturated carbocycles. The van der Waals surface area contributed by atoms with Crippen LogP contribution in [-0.4, -0.2) is 24.4 Å². The molecule has 0 spiro atoms. The van der Waals surface area contributed by atoms with Crippen molar-refractivity contribution in [2.24, 2.45) is 5.92 Å². The van der Waals surface area contributed by atoms with E-state index >= 15 is 0 Å². The smallest absolute Gasteiger partial charge is 0.300 e. The van der Waals surface area contributed by atoms with Crippen LogP contribution >= 0.6 is 0 Å². The van der Waals surface area contributed by atoms with Gasteiger partial charge in [0.25, 0.3) is 10.1 Å². The average molecular weight is 423 g/mol. The fourth-order valence-electron chi connectivity index (χ4n) is 4.44. The van der Waals surface area contributed by atoms with Gasteiger partial charge in [-0.1, -0.05) is 32.9 Å². The van der Waals surface area contributed by atoms with Crippen LogP contribution in [0.3, 0.4) is 0 Å². The Kier molecular flexibility index (Phi) is 5.77. The lowest BCUT2D eigenvalue weighted by molar-refractivity contribution is -0.170. The van der Waals surface area contributed by atoms with Gasteiger partial charge in [-0.25, -0.2) is 8.57 Å². The molecule has 3 rings (SSSR count). The van der Waals surface area contributed by atoms with Crippen LogP contribution in [0.5, 0.6) is 5.75 Å². The van der Waals surface area contributed by atoms with Gasteiger partial charge in [0.2, 0.25) is 0 Å². The van der Waals surface area contributed by atoms with Crippen molar-refractivity contribution in [3.63, 3.8) is 0 Å². The number of aryl methyl sites for hydroxylation is 2. The molecule has 0 unspecified atom stereocenters. The maximum atomic E-state index is 13.7. The van der Waals surface area contributed by atoms with Gasteiger partial charge >= 0.3 is 0 Å². The maximum absolute atomic E-state index is 13.7. The van der Waals surface area contributed by atoms with Crippen molar-refractivity contribution in [3.8, 4) is 5.75 Å². The van der Waals surface area contributed by atoms with Crippen molar-refractivity contribution >= 4 is 10.1 Å². The summed E-state index contributed by atoms with van der Waals surface area (Å²) in [6, 6.07) is 7.28. The zero-order chi connectivity index (χ0) is 21.6. The summed E-state index contributed by atoms with van der Waals surface area (Å²) >= 11 is 0. The molecule has 5 nitrogen and oxygen atoms in total. The largest absolute Gasteiger partial charge is 0.508 e. The third-order valence-electron chi connectivity index (χ3n) is 5.64. The van der Waals surface area contributed by atoms with Crippen LogP contribution in [-0.2, 0) is 27.1 Å². The van der Waals surface area contributed by atoms with E-state index in [9.17, 15) is 23.0 Å². The normalized spacial score (nSPS) is 22.0. The van der Waals surface area contributed by atoms with Crippen molar-refractivity contribution in [1.29, 1.82) is 0 Å². The van der Waals surface area contributed by atoms with E-state index in [1.807, 2.05) is 13.8 Å². The Balaban J connectivity index is 2.09. The summed E-state index contributed by atoms with van der Waals surface area (Å²) in [6.07, 6.45) is 0.604. The summed E-state index contributed by atoms with van der Waals surface area (Å²) in [5, 5.41) is 21.5. The Bertz CT molecular complexity index is 1030. The van der Waals surface area contributed by atoms with Gasteiger partial charge in [-0.15, -0.1) is 0 Å². The number of fused-ring (bicyclic) bond motifs is 1. The molecule has 2 aromatic carbocycles. The third kappa shape index (κ3) is 3.91. The van der Waals surface area contributed by atoms with E-state index in [0.717, 1.165) is 5.56 Å². The van der Waals surface area contributed by atoms with Crippen molar-refractivity contribution in [2.75, 3.05) is 0 Å². The Morgan fingerprint density at radius 2 is 1.97 bits per heavy atom. The second-order valence-corrected chi connectivity index (χ2v) is 9.49. The van der Waals surface area contributed by atoms with Crippen LogP contribution in [0, 0.1) is 18.7 Å². The molecule has 2 N–H and O–H groups in total. The molecule has 0 radical (unpaired) electrons. The highest BCUT2D eigenvalue weighted by Crippen LogP contribution is 2.46. The van der Waals surface area contributed by atoms with E-state index in [1.54, 1.807) is 19.9 Å². The van der Waals surface area contributed by atoms with Gasteiger partial charge in [-0.05, 0) is 60.6 Å². The fourth-order valence-corrected chi connectivity index (χ4v) is 6.10. The molecule has 0 bridgehead atoms. The quantitative estimate of drug-likeness (QED) is 0.558. The molecule has 0 amide bonds. The molecule has 0 aliphatic heterocycles. The first-order valence-corrected chi connectivity index (χ1v) is 11.2. The molecule has 2 atom stereocenters. The minimum Gasteiger partial charge on any atom is -0.508 e. The zero-order valence-corrected chi connectivity index (χ0v) is 17.9. The molecule has 2 aromatic rings. The molecule has 0 fully saturated rings. The molecule has 7 heteroatoms. The van der Waals surface area contributed by atoms with Crippen molar-refractivity contribution in [2.45, 2.75) is 63.6 Å². The Labute approximate surface area is 171 Å². The number of benzene rings is 2.